The van der Waals surface area contributed by atoms with Crippen molar-refractivity contribution < 1.29 is 20.4 Å². The predicted octanol–water partition coefficient (Wildman–Crippen LogP) is 4.05. The molecule has 5 heteroatoms. The molecule has 148 valence electrons. The van der Waals surface area contributed by atoms with Crippen molar-refractivity contribution in [1.82, 2.24) is 9.80 Å². The molecule has 0 radical (unpaired) electrons. The van der Waals surface area contributed by atoms with E-state index in [0.717, 1.165) is 35.6 Å². The second-order valence-electron chi connectivity index (χ2n) is 7.64. The van der Waals surface area contributed by atoms with Crippen molar-refractivity contribution in [2.24, 2.45) is 0 Å². The summed E-state index contributed by atoms with van der Waals surface area (Å²) in [5.74, 6) is 0. The molecule has 0 fully saturated rings. The van der Waals surface area contributed by atoms with Crippen LogP contribution in [0.5, 0.6) is 0 Å². The van der Waals surface area contributed by atoms with Crippen molar-refractivity contribution in [3.8, 4) is 0 Å². The van der Waals surface area contributed by atoms with Crippen molar-refractivity contribution in [3.05, 3.63) is 97.8 Å². The summed E-state index contributed by atoms with van der Waals surface area (Å²) in [4.78, 5) is 8.69. The standard InChI is InChI=1S/C23H22N4.Pd/c1-23(2)19-5-3-7-21(15-19)26-13-11-24(17-26)9-10-25-12-14-27(18-25)22-8-4-6-20(23)16-22;/h3-8,11-14,17-18H,9-10H2,1-2H3;/q-4;. The molecule has 8 bridgehead atoms. The van der Waals surface area contributed by atoms with E-state index < -0.39 is 0 Å². The van der Waals surface area contributed by atoms with E-state index in [2.05, 4.69) is 120 Å². The van der Waals surface area contributed by atoms with Gasteiger partial charge in [0.2, 0.25) is 0 Å². The molecular formula is C23H22N4Pd-4. The first-order valence-electron chi connectivity index (χ1n) is 9.30. The maximum atomic E-state index is 3.63. The van der Waals surface area contributed by atoms with E-state index in [0.29, 0.717) is 0 Å². The molecule has 3 aliphatic rings. The third-order valence-electron chi connectivity index (χ3n) is 5.46. The molecule has 0 unspecified atom stereocenters. The Morgan fingerprint density at radius 1 is 0.750 bits per heavy atom. The number of benzene rings is 2. The Bertz CT molecular complexity index is 847. The molecule has 0 N–H and O–H groups in total. The van der Waals surface area contributed by atoms with E-state index in [1.165, 1.54) is 0 Å². The smallest absolute Gasteiger partial charge is 0.00494 e. The van der Waals surface area contributed by atoms with E-state index in [1.807, 2.05) is 0 Å². The average Bonchev–Trinajstić information content (AvgIpc) is 3.36. The summed E-state index contributed by atoms with van der Waals surface area (Å²) in [6.07, 6.45) is 8.42. The topological polar surface area (TPSA) is 13.0 Å². The summed E-state index contributed by atoms with van der Waals surface area (Å²) in [6.45, 7) is 10.6. The third kappa shape index (κ3) is 3.34. The SMILES string of the molecule is CC1(C)c2[c-]c(ccc2)N2C=CN([CH-]2)CCN2C=CN([CH-]2)c2[c-]c1ccc2.[Pd]. The number of nitrogens with zero attached hydrogens (tertiary/aromatic N) is 4. The summed E-state index contributed by atoms with van der Waals surface area (Å²) in [7, 11) is 0. The summed E-state index contributed by atoms with van der Waals surface area (Å²) in [5.41, 5.74) is 4.24. The van der Waals surface area contributed by atoms with Crippen LogP contribution in [0.2, 0.25) is 0 Å². The van der Waals surface area contributed by atoms with E-state index in [-0.39, 0.29) is 25.8 Å². The Labute approximate surface area is 181 Å². The fourth-order valence-corrected chi connectivity index (χ4v) is 3.66. The van der Waals surface area contributed by atoms with Crippen LogP contribution in [-0.4, -0.2) is 22.9 Å². The molecule has 4 nitrogen and oxygen atoms in total. The molecule has 0 aliphatic carbocycles. The van der Waals surface area contributed by atoms with Gasteiger partial charge in [-0.05, 0) is 30.2 Å². The minimum atomic E-state index is -0.196. The van der Waals surface area contributed by atoms with Crippen LogP contribution in [0.4, 0.5) is 11.4 Å². The molecule has 2 aromatic rings. The zero-order valence-electron chi connectivity index (χ0n) is 15.9. The van der Waals surface area contributed by atoms with Crippen molar-refractivity contribution >= 4 is 11.4 Å². The van der Waals surface area contributed by atoms with Crippen LogP contribution in [0.15, 0.2) is 61.2 Å². The van der Waals surface area contributed by atoms with Gasteiger partial charge in [0, 0.05) is 33.5 Å². The van der Waals surface area contributed by atoms with Gasteiger partial charge in [0.25, 0.3) is 0 Å². The van der Waals surface area contributed by atoms with Crippen molar-refractivity contribution in [3.63, 3.8) is 0 Å². The van der Waals surface area contributed by atoms with Gasteiger partial charge < -0.3 is 19.6 Å². The van der Waals surface area contributed by atoms with E-state index in [4.69, 9.17) is 0 Å². The van der Waals surface area contributed by atoms with Crippen LogP contribution in [0.3, 0.4) is 0 Å². The first kappa shape index (κ1) is 19.1. The summed E-state index contributed by atoms with van der Waals surface area (Å²) in [6, 6.07) is 20.0. The van der Waals surface area contributed by atoms with Crippen molar-refractivity contribution in [2.45, 2.75) is 19.3 Å². The van der Waals surface area contributed by atoms with Gasteiger partial charge in [0.1, 0.15) is 0 Å². The Kier molecular flexibility index (Phi) is 4.99. The van der Waals surface area contributed by atoms with Crippen molar-refractivity contribution in [2.75, 3.05) is 22.9 Å². The third-order valence-corrected chi connectivity index (χ3v) is 5.46. The van der Waals surface area contributed by atoms with Gasteiger partial charge in [-0.2, -0.15) is 73.0 Å². The molecule has 0 amide bonds. The molecule has 3 aliphatic heterocycles. The van der Waals surface area contributed by atoms with Crippen molar-refractivity contribution in [1.29, 1.82) is 0 Å². The number of rotatable bonds is 0. The Hall–Kier alpha value is -2.22. The van der Waals surface area contributed by atoms with Crippen LogP contribution >= 0.6 is 0 Å². The quantitative estimate of drug-likeness (QED) is 0.434. The van der Waals surface area contributed by atoms with E-state index in [1.54, 1.807) is 0 Å². The molecular weight excluding hydrogens is 439 g/mol. The minimum absolute atomic E-state index is 0. The van der Waals surface area contributed by atoms with Gasteiger partial charge in [-0.25, -0.2) is 0 Å². The molecule has 3 heterocycles. The number of hydrogen-bond donors (Lipinski definition) is 0. The molecule has 28 heavy (non-hydrogen) atoms. The molecule has 2 aromatic carbocycles. The van der Waals surface area contributed by atoms with E-state index in [9.17, 15) is 0 Å². The Balaban J connectivity index is 0.00000192. The van der Waals surface area contributed by atoms with Gasteiger partial charge in [-0.3, -0.25) is 0 Å². The summed E-state index contributed by atoms with van der Waals surface area (Å²) >= 11 is 0. The number of anilines is 2. The predicted molar refractivity (Wildman–Crippen MR) is 108 cm³/mol. The zero-order chi connectivity index (χ0) is 18.4. The summed E-state index contributed by atoms with van der Waals surface area (Å²) < 4.78 is 0. The largest absolute Gasteiger partial charge is 0.507 e. The van der Waals surface area contributed by atoms with Gasteiger partial charge in [-0.15, -0.1) is 11.4 Å². The van der Waals surface area contributed by atoms with Crippen LogP contribution in [0, 0.1) is 25.5 Å². The average molecular weight is 461 g/mol. The molecule has 5 rings (SSSR count). The molecule has 0 atom stereocenters. The van der Waals surface area contributed by atoms with Crippen LogP contribution in [-0.2, 0) is 25.8 Å². The Morgan fingerprint density at radius 2 is 1.21 bits per heavy atom. The number of hydrogen-bond acceptors (Lipinski definition) is 4. The van der Waals surface area contributed by atoms with Crippen LogP contribution in [0.1, 0.15) is 25.0 Å². The molecule has 0 aromatic heterocycles. The van der Waals surface area contributed by atoms with Gasteiger partial charge >= 0.3 is 0 Å². The molecule has 0 spiro atoms. The fraction of sp³-hybridized carbons (Fsp3) is 0.217. The van der Waals surface area contributed by atoms with Gasteiger partial charge in [0.15, 0.2) is 0 Å². The first-order valence-corrected chi connectivity index (χ1v) is 9.30. The normalized spacial score (nSPS) is 19.4. The zero-order valence-corrected chi connectivity index (χ0v) is 17.5. The molecule has 0 saturated heterocycles. The second-order valence-corrected chi connectivity index (χ2v) is 7.64. The van der Waals surface area contributed by atoms with E-state index >= 15 is 0 Å². The monoisotopic (exact) mass is 460 g/mol. The maximum absolute atomic E-state index is 3.63. The van der Waals surface area contributed by atoms with Crippen LogP contribution < -0.4 is 9.80 Å². The fourth-order valence-electron chi connectivity index (χ4n) is 3.66. The second kappa shape index (κ2) is 7.31. The maximum Gasteiger partial charge on any atom is 0.00494 e. The van der Waals surface area contributed by atoms with Crippen LogP contribution in [0.25, 0.3) is 0 Å². The molecule has 0 saturated carbocycles. The van der Waals surface area contributed by atoms with Gasteiger partial charge in [0.05, 0.1) is 0 Å². The van der Waals surface area contributed by atoms with Gasteiger partial charge in [-0.1, -0.05) is 13.8 Å². The number of fused-ring (bicyclic) bond motifs is 10. The first-order chi connectivity index (χ1) is 13.1. The summed E-state index contributed by atoms with van der Waals surface area (Å²) in [5, 5.41) is 0. The minimum Gasteiger partial charge on any atom is -0.507 e. The Morgan fingerprint density at radius 3 is 1.68 bits per heavy atom.